The van der Waals surface area contributed by atoms with Crippen molar-refractivity contribution in [1.29, 1.82) is 0 Å². The third-order valence-electron chi connectivity index (χ3n) is 3.79. The molecule has 0 amide bonds. The smallest absolute Gasteiger partial charge is 0.174 e. The van der Waals surface area contributed by atoms with Crippen LogP contribution in [0.15, 0.2) is 6.07 Å². The fourth-order valence-corrected chi connectivity index (χ4v) is 4.16. The van der Waals surface area contributed by atoms with Gasteiger partial charge in [-0.1, -0.05) is 19.8 Å². The summed E-state index contributed by atoms with van der Waals surface area (Å²) in [6.45, 7) is 6.31. The Balaban J connectivity index is 1.86. The molecule has 1 aromatic rings. The molecule has 1 saturated carbocycles. The molecule has 3 heteroatoms. The van der Waals surface area contributed by atoms with Crippen LogP contribution in [0.1, 0.15) is 54.4 Å². The molecule has 0 aliphatic heterocycles. The Bertz CT molecular complexity index is 424. The van der Waals surface area contributed by atoms with E-state index in [1.807, 2.05) is 31.7 Å². The first-order valence-electron chi connectivity index (χ1n) is 6.87. The molecule has 18 heavy (non-hydrogen) atoms. The first-order chi connectivity index (χ1) is 8.56. The maximum Gasteiger partial charge on any atom is 0.174 e. The lowest BCUT2D eigenvalue weighted by Gasteiger charge is -2.25. The van der Waals surface area contributed by atoms with E-state index in [0.717, 1.165) is 22.9 Å². The largest absolute Gasteiger partial charge is 0.362 e. The summed E-state index contributed by atoms with van der Waals surface area (Å²) in [4.78, 5) is 15.4. The summed E-state index contributed by atoms with van der Waals surface area (Å²) in [5, 5.41) is 0.693. The maximum absolute atomic E-state index is 12.2. The molecule has 2 unspecified atom stereocenters. The summed E-state index contributed by atoms with van der Waals surface area (Å²) in [5.41, 5.74) is 2.96. The molecule has 0 aromatic carbocycles. The molecule has 1 heterocycles. The Kier molecular flexibility index (Phi) is 4.55. The quantitative estimate of drug-likeness (QED) is 0.830. The average molecular weight is 265 g/mol. The Morgan fingerprint density at radius 1 is 1.44 bits per heavy atom. The number of H-pyrrole nitrogens is 1. The van der Waals surface area contributed by atoms with Gasteiger partial charge in [0.25, 0.3) is 0 Å². The van der Waals surface area contributed by atoms with Gasteiger partial charge in [-0.05, 0) is 38.7 Å². The van der Waals surface area contributed by atoms with Gasteiger partial charge in [-0.2, -0.15) is 11.8 Å². The highest BCUT2D eigenvalue weighted by molar-refractivity contribution is 8.00. The van der Waals surface area contributed by atoms with Gasteiger partial charge in [0, 0.05) is 22.2 Å². The van der Waals surface area contributed by atoms with Crippen LogP contribution in [0, 0.1) is 19.8 Å². The number of ketones is 1. The fourth-order valence-electron chi connectivity index (χ4n) is 2.81. The van der Waals surface area contributed by atoms with Gasteiger partial charge < -0.3 is 4.98 Å². The number of hydrogen-bond acceptors (Lipinski definition) is 2. The minimum Gasteiger partial charge on any atom is -0.362 e. The first-order valence-corrected chi connectivity index (χ1v) is 7.92. The lowest BCUT2D eigenvalue weighted by molar-refractivity contribution is 0.102. The van der Waals surface area contributed by atoms with E-state index in [4.69, 9.17) is 0 Å². The molecular weight excluding hydrogens is 242 g/mol. The van der Waals surface area contributed by atoms with Gasteiger partial charge in [-0.25, -0.2) is 0 Å². The molecule has 2 rings (SSSR count). The summed E-state index contributed by atoms with van der Waals surface area (Å²) in [6, 6.07) is 1.97. The van der Waals surface area contributed by atoms with Crippen molar-refractivity contribution in [2.24, 2.45) is 5.92 Å². The number of aryl methyl sites for hydroxylation is 2. The molecule has 1 aliphatic carbocycles. The van der Waals surface area contributed by atoms with Crippen LogP contribution in [0.4, 0.5) is 0 Å². The van der Waals surface area contributed by atoms with Crippen LogP contribution >= 0.6 is 11.8 Å². The van der Waals surface area contributed by atoms with Crippen molar-refractivity contribution in [2.75, 3.05) is 5.75 Å². The molecule has 2 nitrogen and oxygen atoms in total. The lowest BCUT2D eigenvalue weighted by Crippen LogP contribution is -2.17. The Hall–Kier alpha value is -0.700. The van der Waals surface area contributed by atoms with Crippen LogP contribution in [-0.2, 0) is 0 Å². The Morgan fingerprint density at radius 2 is 2.22 bits per heavy atom. The van der Waals surface area contributed by atoms with Crippen LogP contribution in [0.5, 0.6) is 0 Å². The zero-order chi connectivity index (χ0) is 13.1. The summed E-state index contributed by atoms with van der Waals surface area (Å²) >= 11 is 1.86. The molecule has 1 aromatic heterocycles. The highest BCUT2D eigenvalue weighted by Gasteiger charge is 2.21. The van der Waals surface area contributed by atoms with E-state index in [9.17, 15) is 4.79 Å². The van der Waals surface area contributed by atoms with Gasteiger partial charge >= 0.3 is 0 Å². The van der Waals surface area contributed by atoms with Crippen molar-refractivity contribution in [3.63, 3.8) is 0 Å². The third kappa shape index (κ3) is 3.41. The highest BCUT2D eigenvalue weighted by Crippen LogP contribution is 2.32. The number of carbonyl (C=O) groups is 1. The van der Waals surface area contributed by atoms with E-state index in [2.05, 4.69) is 11.9 Å². The molecule has 1 fully saturated rings. The Labute approximate surface area is 114 Å². The average Bonchev–Trinajstić information content (AvgIpc) is 2.66. The van der Waals surface area contributed by atoms with Gasteiger partial charge in [0.2, 0.25) is 0 Å². The van der Waals surface area contributed by atoms with Crippen LogP contribution in [0.2, 0.25) is 0 Å². The van der Waals surface area contributed by atoms with E-state index < -0.39 is 0 Å². The van der Waals surface area contributed by atoms with E-state index in [0.29, 0.717) is 11.0 Å². The topological polar surface area (TPSA) is 32.9 Å². The number of aromatic amines is 1. The molecule has 1 N–H and O–H groups in total. The second kappa shape index (κ2) is 5.96. The van der Waals surface area contributed by atoms with Crippen LogP contribution < -0.4 is 0 Å². The standard InChI is InChI=1S/C15H23NOS/c1-10-5-4-6-13(7-10)18-9-15(17)14-8-11(2)16-12(14)3/h8,10,13,16H,4-7,9H2,1-3H3. The highest BCUT2D eigenvalue weighted by atomic mass is 32.2. The number of Topliss-reactive ketones (excluding diaryl/α,β-unsaturated/α-hetero) is 1. The maximum atomic E-state index is 12.2. The van der Waals surface area contributed by atoms with Crippen molar-refractivity contribution in [1.82, 2.24) is 4.98 Å². The van der Waals surface area contributed by atoms with Gasteiger partial charge in [-0.3, -0.25) is 4.79 Å². The molecule has 0 radical (unpaired) electrons. The number of thioether (sulfide) groups is 1. The van der Waals surface area contributed by atoms with E-state index in [1.165, 1.54) is 25.7 Å². The number of nitrogens with one attached hydrogen (secondary N) is 1. The molecule has 0 saturated heterocycles. The summed E-state index contributed by atoms with van der Waals surface area (Å²) in [5.74, 6) is 1.75. The van der Waals surface area contributed by atoms with E-state index >= 15 is 0 Å². The van der Waals surface area contributed by atoms with Crippen molar-refractivity contribution in [2.45, 2.75) is 51.7 Å². The second-order valence-corrected chi connectivity index (χ2v) is 6.91. The number of rotatable bonds is 4. The normalized spacial score (nSPS) is 24.2. The summed E-state index contributed by atoms with van der Waals surface area (Å²) < 4.78 is 0. The molecule has 100 valence electrons. The molecular formula is C15H23NOS. The molecule has 0 spiro atoms. The van der Waals surface area contributed by atoms with Crippen molar-refractivity contribution in [3.8, 4) is 0 Å². The van der Waals surface area contributed by atoms with Crippen LogP contribution in [-0.4, -0.2) is 21.8 Å². The number of hydrogen-bond donors (Lipinski definition) is 1. The van der Waals surface area contributed by atoms with Crippen molar-refractivity contribution >= 4 is 17.5 Å². The fraction of sp³-hybridized carbons (Fsp3) is 0.667. The second-order valence-electron chi connectivity index (χ2n) is 5.62. The lowest BCUT2D eigenvalue weighted by atomic mass is 9.91. The predicted molar refractivity (Wildman–Crippen MR) is 78.5 cm³/mol. The monoisotopic (exact) mass is 265 g/mol. The zero-order valence-electron chi connectivity index (χ0n) is 11.6. The van der Waals surface area contributed by atoms with Gasteiger partial charge in [0.15, 0.2) is 5.78 Å². The minimum atomic E-state index is 0.278. The molecule has 2 atom stereocenters. The van der Waals surface area contributed by atoms with Crippen LogP contribution in [0.25, 0.3) is 0 Å². The Morgan fingerprint density at radius 3 is 2.83 bits per heavy atom. The SMILES string of the molecule is Cc1cc(C(=O)CSC2CCCC(C)C2)c(C)[nH]1. The van der Waals surface area contributed by atoms with Gasteiger partial charge in [0.05, 0.1) is 5.75 Å². The van der Waals surface area contributed by atoms with E-state index in [-0.39, 0.29) is 5.78 Å². The minimum absolute atomic E-state index is 0.278. The first kappa shape index (κ1) is 13.7. The van der Waals surface area contributed by atoms with Crippen LogP contribution in [0.3, 0.4) is 0 Å². The van der Waals surface area contributed by atoms with Crippen molar-refractivity contribution in [3.05, 3.63) is 23.0 Å². The van der Waals surface area contributed by atoms with E-state index in [1.54, 1.807) is 0 Å². The molecule has 0 bridgehead atoms. The predicted octanol–water partition coefficient (Wildman–Crippen LogP) is 4.13. The van der Waals surface area contributed by atoms with Crippen molar-refractivity contribution < 1.29 is 4.79 Å². The zero-order valence-corrected chi connectivity index (χ0v) is 12.4. The summed E-state index contributed by atoms with van der Waals surface area (Å²) in [6.07, 6.45) is 5.26. The number of aromatic nitrogens is 1. The summed E-state index contributed by atoms with van der Waals surface area (Å²) in [7, 11) is 0. The van der Waals surface area contributed by atoms with Gasteiger partial charge in [-0.15, -0.1) is 0 Å². The van der Waals surface area contributed by atoms with Gasteiger partial charge in [0.1, 0.15) is 0 Å². The number of carbonyl (C=O) groups excluding carboxylic acids is 1. The molecule has 1 aliphatic rings. The third-order valence-corrected chi connectivity index (χ3v) is 5.12.